The SMILES string of the molecule is C[C@H]1C(=O)OC(/C=C/c2ccccc2)=C[C@H]1c1ccccc1. The monoisotopic (exact) mass is 290 g/mol. The number of allylic oxidation sites excluding steroid dienone is 2. The van der Waals surface area contributed by atoms with Gasteiger partial charge >= 0.3 is 5.97 Å². The molecular formula is C20H18O2. The Morgan fingerprint density at radius 1 is 0.909 bits per heavy atom. The van der Waals surface area contributed by atoms with Crippen LogP contribution in [0.25, 0.3) is 6.08 Å². The van der Waals surface area contributed by atoms with Crippen LogP contribution in [0.2, 0.25) is 0 Å². The van der Waals surface area contributed by atoms with Gasteiger partial charge in [-0.1, -0.05) is 73.7 Å². The number of hydrogen-bond donors (Lipinski definition) is 0. The summed E-state index contributed by atoms with van der Waals surface area (Å²) in [5, 5.41) is 0. The maximum absolute atomic E-state index is 12.1. The van der Waals surface area contributed by atoms with Crippen LogP contribution in [-0.4, -0.2) is 5.97 Å². The fourth-order valence-corrected chi connectivity index (χ4v) is 2.60. The molecule has 0 spiro atoms. The minimum Gasteiger partial charge on any atom is -0.427 e. The number of cyclic esters (lactones) is 1. The smallest absolute Gasteiger partial charge is 0.314 e. The molecule has 1 aliphatic heterocycles. The molecule has 2 nitrogen and oxygen atoms in total. The van der Waals surface area contributed by atoms with E-state index < -0.39 is 0 Å². The quantitative estimate of drug-likeness (QED) is 0.775. The minimum atomic E-state index is -0.177. The number of carbonyl (C=O) groups excluding carboxylic acids is 1. The molecule has 0 amide bonds. The second kappa shape index (κ2) is 6.44. The molecule has 2 heteroatoms. The van der Waals surface area contributed by atoms with Crippen molar-refractivity contribution in [2.75, 3.05) is 0 Å². The number of ether oxygens (including phenoxy) is 1. The van der Waals surface area contributed by atoms with Gasteiger partial charge in [0.15, 0.2) is 0 Å². The van der Waals surface area contributed by atoms with Crippen LogP contribution in [0.1, 0.15) is 24.0 Å². The van der Waals surface area contributed by atoms with E-state index in [0.717, 1.165) is 11.1 Å². The zero-order valence-corrected chi connectivity index (χ0v) is 12.5. The van der Waals surface area contributed by atoms with E-state index in [0.29, 0.717) is 5.76 Å². The fraction of sp³-hybridized carbons (Fsp3) is 0.150. The van der Waals surface area contributed by atoms with E-state index in [1.54, 1.807) is 0 Å². The Hall–Kier alpha value is -2.61. The minimum absolute atomic E-state index is 0.0536. The summed E-state index contributed by atoms with van der Waals surface area (Å²) in [4.78, 5) is 12.1. The van der Waals surface area contributed by atoms with Crippen LogP contribution < -0.4 is 0 Å². The van der Waals surface area contributed by atoms with Crippen LogP contribution in [0.5, 0.6) is 0 Å². The zero-order valence-electron chi connectivity index (χ0n) is 12.5. The van der Waals surface area contributed by atoms with Gasteiger partial charge in [-0.3, -0.25) is 4.79 Å². The Labute approximate surface area is 130 Å². The molecule has 0 N–H and O–H groups in total. The van der Waals surface area contributed by atoms with Crippen molar-refractivity contribution in [2.45, 2.75) is 12.8 Å². The first kappa shape index (κ1) is 14.3. The standard InChI is InChI=1S/C20H18O2/c1-15-19(17-10-6-3-7-11-17)14-18(22-20(15)21)13-12-16-8-4-2-5-9-16/h2-15,19H,1H3/b13-12+/t15-,19-/m1/s1. The highest BCUT2D eigenvalue weighted by atomic mass is 16.5. The van der Waals surface area contributed by atoms with Gasteiger partial charge in [0.25, 0.3) is 0 Å². The fourth-order valence-electron chi connectivity index (χ4n) is 2.60. The summed E-state index contributed by atoms with van der Waals surface area (Å²) < 4.78 is 5.41. The van der Waals surface area contributed by atoms with Gasteiger partial charge in [0.05, 0.1) is 5.92 Å². The Morgan fingerprint density at radius 3 is 2.23 bits per heavy atom. The van der Waals surface area contributed by atoms with E-state index in [2.05, 4.69) is 12.1 Å². The van der Waals surface area contributed by atoms with E-state index in [1.165, 1.54) is 0 Å². The lowest BCUT2D eigenvalue weighted by atomic mass is 9.85. The second-order valence-electron chi connectivity index (χ2n) is 5.46. The molecule has 0 fully saturated rings. The molecule has 0 unspecified atom stereocenters. The number of benzene rings is 2. The summed E-state index contributed by atoms with van der Waals surface area (Å²) in [6.07, 6.45) is 5.84. The summed E-state index contributed by atoms with van der Waals surface area (Å²) in [5.74, 6) is 0.319. The molecule has 2 aromatic carbocycles. The van der Waals surface area contributed by atoms with Gasteiger partial charge in [-0.2, -0.15) is 0 Å². The van der Waals surface area contributed by atoms with Crippen LogP contribution in [-0.2, 0) is 9.53 Å². The lowest BCUT2D eigenvalue weighted by Crippen LogP contribution is -2.25. The number of hydrogen-bond acceptors (Lipinski definition) is 2. The predicted octanol–water partition coefficient (Wildman–Crippen LogP) is 4.56. The lowest BCUT2D eigenvalue weighted by Gasteiger charge is -2.25. The van der Waals surface area contributed by atoms with Crippen molar-refractivity contribution < 1.29 is 9.53 Å². The average Bonchev–Trinajstić information content (AvgIpc) is 2.57. The third-order valence-electron chi connectivity index (χ3n) is 3.90. The summed E-state index contributed by atoms with van der Waals surface area (Å²) in [5.41, 5.74) is 2.21. The summed E-state index contributed by atoms with van der Waals surface area (Å²) in [7, 11) is 0. The molecule has 0 bridgehead atoms. The lowest BCUT2D eigenvalue weighted by molar-refractivity contribution is -0.144. The van der Waals surface area contributed by atoms with Gasteiger partial charge in [0.2, 0.25) is 0 Å². The van der Waals surface area contributed by atoms with Crippen molar-refractivity contribution in [3.05, 3.63) is 89.7 Å². The van der Waals surface area contributed by atoms with Gasteiger partial charge in [0.1, 0.15) is 5.76 Å². The summed E-state index contributed by atoms with van der Waals surface area (Å²) >= 11 is 0. The zero-order chi connectivity index (χ0) is 15.4. The molecule has 0 radical (unpaired) electrons. The van der Waals surface area contributed by atoms with E-state index >= 15 is 0 Å². The average molecular weight is 290 g/mol. The normalized spacial score (nSPS) is 21.5. The maximum Gasteiger partial charge on any atom is 0.314 e. The largest absolute Gasteiger partial charge is 0.427 e. The van der Waals surface area contributed by atoms with Crippen molar-refractivity contribution >= 4 is 12.0 Å². The van der Waals surface area contributed by atoms with Crippen molar-refractivity contribution in [3.63, 3.8) is 0 Å². The van der Waals surface area contributed by atoms with Crippen molar-refractivity contribution in [2.24, 2.45) is 5.92 Å². The van der Waals surface area contributed by atoms with Crippen LogP contribution in [0.3, 0.4) is 0 Å². The third kappa shape index (κ3) is 3.17. The molecule has 3 rings (SSSR count). The highest BCUT2D eigenvalue weighted by molar-refractivity contribution is 5.77. The molecule has 1 aliphatic rings. The van der Waals surface area contributed by atoms with E-state index in [-0.39, 0.29) is 17.8 Å². The predicted molar refractivity (Wildman–Crippen MR) is 88.0 cm³/mol. The van der Waals surface area contributed by atoms with Gasteiger partial charge in [-0.05, 0) is 23.3 Å². The first-order chi connectivity index (χ1) is 10.7. The summed E-state index contributed by atoms with van der Waals surface area (Å²) in [6, 6.07) is 20.0. The van der Waals surface area contributed by atoms with Crippen LogP contribution in [0.15, 0.2) is 78.6 Å². The molecule has 22 heavy (non-hydrogen) atoms. The second-order valence-corrected chi connectivity index (χ2v) is 5.46. The molecule has 0 aromatic heterocycles. The molecular weight excluding hydrogens is 272 g/mol. The Morgan fingerprint density at radius 2 is 1.55 bits per heavy atom. The Bertz CT molecular complexity index is 699. The molecule has 1 heterocycles. The number of rotatable bonds is 3. The molecule has 0 saturated heterocycles. The van der Waals surface area contributed by atoms with E-state index in [4.69, 9.17) is 4.74 Å². The van der Waals surface area contributed by atoms with Crippen molar-refractivity contribution in [3.8, 4) is 0 Å². The van der Waals surface area contributed by atoms with Crippen LogP contribution in [0, 0.1) is 5.92 Å². The molecule has 0 saturated carbocycles. The van der Waals surface area contributed by atoms with Gasteiger partial charge in [0, 0.05) is 5.92 Å². The van der Waals surface area contributed by atoms with Crippen LogP contribution >= 0.6 is 0 Å². The molecule has 0 aliphatic carbocycles. The highest BCUT2D eigenvalue weighted by Gasteiger charge is 2.30. The van der Waals surface area contributed by atoms with E-state index in [1.807, 2.05) is 73.7 Å². The van der Waals surface area contributed by atoms with Crippen molar-refractivity contribution in [1.29, 1.82) is 0 Å². The van der Waals surface area contributed by atoms with E-state index in [9.17, 15) is 4.79 Å². The third-order valence-corrected chi connectivity index (χ3v) is 3.90. The van der Waals surface area contributed by atoms with Gasteiger partial charge in [-0.25, -0.2) is 0 Å². The molecule has 110 valence electrons. The van der Waals surface area contributed by atoms with Gasteiger partial charge in [-0.15, -0.1) is 0 Å². The first-order valence-corrected chi connectivity index (χ1v) is 7.45. The number of esters is 1. The van der Waals surface area contributed by atoms with Crippen LogP contribution in [0.4, 0.5) is 0 Å². The maximum atomic E-state index is 12.1. The topological polar surface area (TPSA) is 26.3 Å². The number of carbonyl (C=O) groups is 1. The highest BCUT2D eigenvalue weighted by Crippen LogP contribution is 2.33. The summed E-state index contributed by atoms with van der Waals surface area (Å²) in [6.45, 7) is 1.91. The molecule has 2 aromatic rings. The molecule has 2 atom stereocenters. The Balaban J connectivity index is 1.88. The first-order valence-electron chi connectivity index (χ1n) is 7.45. The van der Waals surface area contributed by atoms with Crippen molar-refractivity contribution in [1.82, 2.24) is 0 Å². The Kier molecular flexibility index (Phi) is 4.19. The van der Waals surface area contributed by atoms with Gasteiger partial charge < -0.3 is 4.74 Å².